The zero-order chi connectivity index (χ0) is 18.6. The van der Waals surface area contributed by atoms with Gasteiger partial charge in [0.15, 0.2) is 0 Å². The number of aryl methyl sites for hydroxylation is 2. The standard InChI is InChI=1S/C25H30N2/c1-20-23(24-13-6-7-14-25(24)26(20)2)12-8-9-17-27-18-15-22(16-19-27)21-10-4-3-5-11-21/h3-7,10-11,13-15H,8-9,12,16-19H2,1-2H3. The van der Waals surface area contributed by atoms with Crippen LogP contribution in [0.2, 0.25) is 0 Å². The molecule has 2 nitrogen and oxygen atoms in total. The van der Waals surface area contributed by atoms with Crippen molar-refractivity contribution in [2.24, 2.45) is 7.05 Å². The molecule has 0 N–H and O–H groups in total. The van der Waals surface area contributed by atoms with Crippen LogP contribution in [0.3, 0.4) is 0 Å². The van der Waals surface area contributed by atoms with Crippen molar-refractivity contribution in [3.8, 4) is 0 Å². The fraction of sp³-hybridized carbons (Fsp3) is 0.360. The summed E-state index contributed by atoms with van der Waals surface area (Å²) in [5.41, 5.74) is 7.23. The number of hydrogen-bond acceptors (Lipinski definition) is 1. The topological polar surface area (TPSA) is 8.17 Å². The second kappa shape index (κ2) is 8.14. The molecule has 0 saturated carbocycles. The summed E-state index contributed by atoms with van der Waals surface area (Å²) in [6.45, 7) is 5.75. The summed E-state index contributed by atoms with van der Waals surface area (Å²) in [6, 6.07) is 19.6. The summed E-state index contributed by atoms with van der Waals surface area (Å²) in [5, 5.41) is 1.44. The molecule has 3 aromatic rings. The Hall–Kier alpha value is -2.32. The molecule has 0 unspecified atom stereocenters. The molecule has 0 spiro atoms. The summed E-state index contributed by atoms with van der Waals surface area (Å²) in [4.78, 5) is 2.60. The van der Waals surface area contributed by atoms with Crippen LogP contribution in [-0.2, 0) is 13.5 Å². The number of rotatable bonds is 6. The summed E-state index contributed by atoms with van der Waals surface area (Å²) in [7, 11) is 2.19. The van der Waals surface area contributed by atoms with Crippen LogP contribution in [0.25, 0.3) is 16.5 Å². The molecule has 2 heterocycles. The Kier molecular flexibility index (Phi) is 5.45. The van der Waals surface area contributed by atoms with Gasteiger partial charge in [-0.05, 0) is 61.9 Å². The van der Waals surface area contributed by atoms with Crippen molar-refractivity contribution >= 4 is 16.5 Å². The van der Waals surface area contributed by atoms with Crippen LogP contribution in [0.4, 0.5) is 0 Å². The van der Waals surface area contributed by atoms with Gasteiger partial charge in [-0.2, -0.15) is 0 Å². The van der Waals surface area contributed by atoms with E-state index < -0.39 is 0 Å². The van der Waals surface area contributed by atoms with Crippen molar-refractivity contribution in [3.05, 3.63) is 77.5 Å². The molecule has 2 heteroatoms. The number of para-hydroxylation sites is 1. The van der Waals surface area contributed by atoms with E-state index in [0.29, 0.717) is 0 Å². The zero-order valence-electron chi connectivity index (χ0n) is 16.6. The molecule has 0 saturated heterocycles. The molecule has 27 heavy (non-hydrogen) atoms. The van der Waals surface area contributed by atoms with E-state index in [4.69, 9.17) is 0 Å². The fourth-order valence-corrected chi connectivity index (χ4v) is 4.38. The predicted octanol–water partition coefficient (Wildman–Crippen LogP) is 5.60. The Morgan fingerprint density at radius 3 is 2.48 bits per heavy atom. The first-order valence-electron chi connectivity index (χ1n) is 10.2. The first-order valence-corrected chi connectivity index (χ1v) is 10.2. The first kappa shape index (κ1) is 18.1. The average molecular weight is 359 g/mol. The Morgan fingerprint density at radius 1 is 0.926 bits per heavy atom. The number of benzene rings is 2. The third-order valence-corrected chi connectivity index (χ3v) is 6.12. The molecule has 0 bridgehead atoms. The minimum Gasteiger partial charge on any atom is -0.348 e. The van der Waals surface area contributed by atoms with E-state index in [2.05, 4.69) is 84.1 Å². The minimum absolute atomic E-state index is 1.09. The van der Waals surface area contributed by atoms with Crippen LogP contribution in [-0.4, -0.2) is 29.1 Å². The maximum absolute atomic E-state index is 2.60. The summed E-state index contributed by atoms with van der Waals surface area (Å²) < 4.78 is 2.34. The second-order valence-corrected chi connectivity index (χ2v) is 7.74. The van der Waals surface area contributed by atoms with Gasteiger partial charge in [0.2, 0.25) is 0 Å². The van der Waals surface area contributed by atoms with Gasteiger partial charge in [0.25, 0.3) is 0 Å². The lowest BCUT2D eigenvalue weighted by Crippen LogP contribution is -2.29. The van der Waals surface area contributed by atoms with Gasteiger partial charge in [0.1, 0.15) is 0 Å². The van der Waals surface area contributed by atoms with Crippen LogP contribution in [0.15, 0.2) is 60.7 Å². The lowest BCUT2D eigenvalue weighted by molar-refractivity contribution is 0.295. The van der Waals surface area contributed by atoms with E-state index >= 15 is 0 Å². The lowest BCUT2D eigenvalue weighted by Gasteiger charge is -2.26. The van der Waals surface area contributed by atoms with Crippen LogP contribution in [0.1, 0.15) is 36.1 Å². The lowest BCUT2D eigenvalue weighted by atomic mass is 9.99. The van der Waals surface area contributed by atoms with Crippen molar-refractivity contribution in [3.63, 3.8) is 0 Å². The molecule has 1 aromatic heterocycles. The van der Waals surface area contributed by atoms with Crippen LogP contribution < -0.4 is 0 Å². The molecule has 140 valence electrons. The molecular formula is C25H30N2. The van der Waals surface area contributed by atoms with Crippen LogP contribution in [0.5, 0.6) is 0 Å². The smallest absolute Gasteiger partial charge is 0.0482 e. The highest BCUT2D eigenvalue weighted by atomic mass is 15.1. The molecule has 0 fully saturated rings. The third-order valence-electron chi connectivity index (χ3n) is 6.12. The molecule has 1 aliphatic heterocycles. The molecule has 0 radical (unpaired) electrons. The van der Waals surface area contributed by atoms with Crippen molar-refractivity contribution in [1.29, 1.82) is 0 Å². The molecule has 0 aliphatic carbocycles. The van der Waals surface area contributed by atoms with E-state index in [0.717, 1.165) is 6.54 Å². The maximum Gasteiger partial charge on any atom is 0.0482 e. The maximum atomic E-state index is 2.60. The van der Waals surface area contributed by atoms with E-state index in [1.165, 1.54) is 72.1 Å². The molecule has 0 atom stereocenters. The van der Waals surface area contributed by atoms with Crippen molar-refractivity contribution in [1.82, 2.24) is 9.47 Å². The summed E-state index contributed by atoms with van der Waals surface area (Å²) in [5.74, 6) is 0. The summed E-state index contributed by atoms with van der Waals surface area (Å²) >= 11 is 0. The highest BCUT2D eigenvalue weighted by Crippen LogP contribution is 2.26. The number of unbranched alkanes of at least 4 members (excludes halogenated alkanes) is 1. The molecule has 0 amide bonds. The zero-order valence-corrected chi connectivity index (χ0v) is 16.6. The van der Waals surface area contributed by atoms with Gasteiger partial charge in [-0.15, -0.1) is 0 Å². The van der Waals surface area contributed by atoms with Crippen molar-refractivity contribution in [2.75, 3.05) is 19.6 Å². The quantitative estimate of drug-likeness (QED) is 0.521. The largest absolute Gasteiger partial charge is 0.348 e. The number of aromatic nitrogens is 1. The minimum atomic E-state index is 1.09. The van der Waals surface area contributed by atoms with E-state index in [-0.39, 0.29) is 0 Å². The third kappa shape index (κ3) is 3.86. The van der Waals surface area contributed by atoms with E-state index in [9.17, 15) is 0 Å². The van der Waals surface area contributed by atoms with E-state index in [1.807, 2.05) is 0 Å². The Bertz CT molecular complexity index is 934. The molecule has 2 aromatic carbocycles. The van der Waals surface area contributed by atoms with Crippen molar-refractivity contribution in [2.45, 2.75) is 32.6 Å². The van der Waals surface area contributed by atoms with E-state index in [1.54, 1.807) is 0 Å². The first-order chi connectivity index (χ1) is 13.2. The number of hydrogen-bond donors (Lipinski definition) is 0. The molecule has 1 aliphatic rings. The van der Waals surface area contributed by atoms with Crippen LogP contribution >= 0.6 is 0 Å². The molecule has 4 rings (SSSR count). The van der Waals surface area contributed by atoms with Crippen molar-refractivity contribution < 1.29 is 0 Å². The number of nitrogens with zero attached hydrogens (tertiary/aromatic N) is 2. The Morgan fingerprint density at radius 2 is 1.70 bits per heavy atom. The van der Waals surface area contributed by atoms with Gasteiger partial charge in [0, 0.05) is 36.7 Å². The normalized spacial score (nSPS) is 15.3. The monoisotopic (exact) mass is 358 g/mol. The Labute approximate surface area is 163 Å². The average Bonchev–Trinajstić information content (AvgIpc) is 2.97. The second-order valence-electron chi connectivity index (χ2n) is 7.74. The number of fused-ring (bicyclic) bond motifs is 1. The van der Waals surface area contributed by atoms with Gasteiger partial charge in [-0.3, -0.25) is 4.90 Å². The van der Waals surface area contributed by atoms with Gasteiger partial charge >= 0.3 is 0 Å². The predicted molar refractivity (Wildman–Crippen MR) is 116 cm³/mol. The SMILES string of the molecule is Cc1c(CCCCN2CC=C(c3ccccc3)CC2)c2ccccc2n1C. The molecular weight excluding hydrogens is 328 g/mol. The van der Waals surface area contributed by atoms with Gasteiger partial charge in [-0.1, -0.05) is 54.6 Å². The summed E-state index contributed by atoms with van der Waals surface area (Å²) in [6.07, 6.45) is 7.32. The van der Waals surface area contributed by atoms with Crippen LogP contribution in [0, 0.1) is 6.92 Å². The Balaban J connectivity index is 1.29. The van der Waals surface area contributed by atoms with Gasteiger partial charge < -0.3 is 4.57 Å². The van der Waals surface area contributed by atoms with Gasteiger partial charge in [-0.25, -0.2) is 0 Å². The fourth-order valence-electron chi connectivity index (χ4n) is 4.38. The highest BCUT2D eigenvalue weighted by Gasteiger charge is 2.14. The van der Waals surface area contributed by atoms with Gasteiger partial charge in [0.05, 0.1) is 0 Å². The highest BCUT2D eigenvalue weighted by molar-refractivity contribution is 5.85.